The van der Waals surface area contributed by atoms with E-state index in [1.807, 2.05) is 38.1 Å². The Balaban J connectivity index is 2.21. The van der Waals surface area contributed by atoms with Gasteiger partial charge < -0.3 is 9.84 Å². The van der Waals surface area contributed by atoms with Gasteiger partial charge in [-0.2, -0.15) is 4.98 Å². The van der Waals surface area contributed by atoms with Crippen molar-refractivity contribution in [1.29, 1.82) is 0 Å². The minimum absolute atomic E-state index is 0.0989. The highest BCUT2D eigenvalue weighted by molar-refractivity contribution is 6.31. The van der Waals surface area contributed by atoms with E-state index in [0.29, 0.717) is 22.9 Å². The van der Waals surface area contributed by atoms with Gasteiger partial charge in [-0.1, -0.05) is 49.4 Å². The molecule has 0 aliphatic rings. The van der Waals surface area contributed by atoms with Gasteiger partial charge in [-0.25, -0.2) is 4.79 Å². The number of benzene rings is 1. The van der Waals surface area contributed by atoms with E-state index in [4.69, 9.17) is 16.3 Å². The predicted octanol–water partition coefficient (Wildman–Crippen LogP) is 4.37. The lowest BCUT2D eigenvalue weighted by Gasteiger charge is -2.12. The molecule has 0 bridgehead atoms. The number of imidazole rings is 1. The molecule has 3 aromatic rings. The SMILES string of the molecule is C=C(/C=C\C(Cl)=C/C)Cn1c(Oc2ccc(CC)cc2)nc2c1c(=O)n(CCCO)c(=O)n2CC. The van der Waals surface area contributed by atoms with Crippen molar-refractivity contribution in [3.63, 3.8) is 0 Å². The molecule has 0 atom stereocenters. The third kappa shape index (κ3) is 5.83. The Kier molecular flexibility index (Phi) is 8.89. The Morgan fingerprint density at radius 1 is 1.14 bits per heavy atom. The van der Waals surface area contributed by atoms with Crippen LogP contribution in [0.15, 0.2) is 69.3 Å². The smallest absolute Gasteiger partial charge is 0.332 e. The highest BCUT2D eigenvalue weighted by atomic mass is 35.5. The first-order valence-electron chi connectivity index (χ1n) is 11.6. The molecule has 8 nitrogen and oxygen atoms in total. The van der Waals surface area contributed by atoms with Crippen LogP contribution < -0.4 is 16.0 Å². The third-order valence-corrected chi connectivity index (χ3v) is 5.94. The van der Waals surface area contributed by atoms with Gasteiger partial charge in [-0.05, 0) is 56.0 Å². The second kappa shape index (κ2) is 11.9. The lowest BCUT2D eigenvalue weighted by atomic mass is 10.2. The molecule has 0 amide bonds. The molecule has 186 valence electrons. The van der Waals surface area contributed by atoms with Gasteiger partial charge in [0.1, 0.15) is 5.75 Å². The van der Waals surface area contributed by atoms with Crippen LogP contribution in [0.4, 0.5) is 0 Å². The second-order valence-electron chi connectivity index (χ2n) is 7.98. The van der Waals surface area contributed by atoms with Gasteiger partial charge in [0.15, 0.2) is 11.2 Å². The molecule has 0 aliphatic heterocycles. The Hall–Kier alpha value is -3.36. The first-order valence-corrected chi connectivity index (χ1v) is 12.0. The molecule has 0 saturated heterocycles. The summed E-state index contributed by atoms with van der Waals surface area (Å²) < 4.78 is 10.3. The number of rotatable bonds is 11. The van der Waals surface area contributed by atoms with E-state index in [1.54, 1.807) is 22.8 Å². The molecule has 2 heterocycles. The highest BCUT2D eigenvalue weighted by Gasteiger charge is 2.22. The molecule has 0 radical (unpaired) electrons. The number of aromatic nitrogens is 4. The van der Waals surface area contributed by atoms with Crippen LogP contribution in [-0.2, 0) is 26.1 Å². The molecule has 0 fully saturated rings. The van der Waals surface area contributed by atoms with Gasteiger partial charge in [-0.15, -0.1) is 0 Å². The van der Waals surface area contributed by atoms with Gasteiger partial charge in [0.05, 0.1) is 6.54 Å². The Morgan fingerprint density at radius 3 is 2.46 bits per heavy atom. The fraction of sp³-hybridized carbons (Fsp3) is 0.346. The van der Waals surface area contributed by atoms with Gasteiger partial charge in [-0.3, -0.25) is 18.5 Å². The van der Waals surface area contributed by atoms with E-state index in [0.717, 1.165) is 16.6 Å². The number of hydrogen-bond acceptors (Lipinski definition) is 5. The lowest BCUT2D eigenvalue weighted by molar-refractivity contribution is 0.277. The van der Waals surface area contributed by atoms with Crippen LogP contribution in [0, 0.1) is 0 Å². The molecule has 1 N–H and O–H groups in total. The summed E-state index contributed by atoms with van der Waals surface area (Å²) in [5.41, 5.74) is 1.33. The number of aryl methyl sites for hydroxylation is 2. The van der Waals surface area contributed by atoms with E-state index >= 15 is 0 Å². The average Bonchev–Trinajstić information content (AvgIpc) is 3.20. The van der Waals surface area contributed by atoms with E-state index in [2.05, 4.69) is 18.5 Å². The number of aliphatic hydroxyl groups is 1. The summed E-state index contributed by atoms with van der Waals surface area (Å²) >= 11 is 6.08. The summed E-state index contributed by atoms with van der Waals surface area (Å²) in [6.07, 6.45) is 6.41. The summed E-state index contributed by atoms with van der Waals surface area (Å²) in [5, 5.41) is 9.81. The molecule has 0 spiro atoms. The zero-order valence-corrected chi connectivity index (χ0v) is 21.1. The van der Waals surface area contributed by atoms with Crippen LogP contribution in [0.5, 0.6) is 11.8 Å². The lowest BCUT2D eigenvalue weighted by Crippen LogP contribution is -2.40. The van der Waals surface area contributed by atoms with Crippen molar-refractivity contribution in [2.75, 3.05) is 6.61 Å². The minimum atomic E-state index is -0.491. The Labute approximate surface area is 209 Å². The molecular formula is C26H31ClN4O4. The standard InChI is InChI=1S/C26H31ClN4O4/c1-5-19-10-13-21(14-11-19)35-25-28-23-22(31(25)17-18(4)9-12-20(27)6-2)24(33)30(15-8-16-32)26(34)29(23)7-3/h6,9-14,32H,4-5,7-8,15-17H2,1-3H3/b12-9-,20-6+. The van der Waals surface area contributed by atoms with Crippen molar-refractivity contribution < 1.29 is 9.84 Å². The van der Waals surface area contributed by atoms with Crippen LogP contribution in [0.3, 0.4) is 0 Å². The molecule has 9 heteroatoms. The van der Waals surface area contributed by atoms with E-state index in [-0.39, 0.29) is 43.3 Å². The van der Waals surface area contributed by atoms with Gasteiger partial charge in [0, 0.05) is 24.7 Å². The van der Waals surface area contributed by atoms with Crippen molar-refractivity contribution in [2.45, 2.75) is 53.2 Å². The van der Waals surface area contributed by atoms with Crippen molar-refractivity contribution in [3.8, 4) is 11.8 Å². The number of aliphatic hydroxyl groups excluding tert-OH is 1. The van der Waals surface area contributed by atoms with Crippen molar-refractivity contribution in [3.05, 3.63) is 86.1 Å². The number of fused-ring (bicyclic) bond motifs is 1. The molecule has 2 aromatic heterocycles. The topological polar surface area (TPSA) is 91.3 Å². The van der Waals surface area contributed by atoms with Gasteiger partial charge in [0.2, 0.25) is 0 Å². The molecule has 35 heavy (non-hydrogen) atoms. The van der Waals surface area contributed by atoms with Crippen LogP contribution >= 0.6 is 11.6 Å². The van der Waals surface area contributed by atoms with E-state index in [1.165, 1.54) is 4.57 Å². The summed E-state index contributed by atoms with van der Waals surface area (Å²) in [6, 6.07) is 7.79. The Morgan fingerprint density at radius 2 is 1.86 bits per heavy atom. The summed E-state index contributed by atoms with van der Waals surface area (Å²) in [6.45, 7) is 10.3. The van der Waals surface area contributed by atoms with Crippen LogP contribution in [0.2, 0.25) is 0 Å². The van der Waals surface area contributed by atoms with Crippen LogP contribution in [-0.4, -0.2) is 30.4 Å². The molecule has 1 aromatic carbocycles. The molecule has 0 aliphatic carbocycles. The first-order chi connectivity index (χ1) is 16.8. The van der Waals surface area contributed by atoms with Crippen LogP contribution in [0.1, 0.15) is 32.8 Å². The first kappa shape index (κ1) is 26.2. The highest BCUT2D eigenvalue weighted by Crippen LogP contribution is 2.26. The molecular weight excluding hydrogens is 468 g/mol. The quantitative estimate of drug-likeness (QED) is 0.396. The zero-order valence-electron chi connectivity index (χ0n) is 20.3. The van der Waals surface area contributed by atoms with E-state index in [9.17, 15) is 14.7 Å². The molecule has 0 saturated carbocycles. The second-order valence-corrected chi connectivity index (χ2v) is 8.41. The molecule has 0 unspecified atom stereocenters. The normalized spacial score (nSPS) is 12.1. The maximum atomic E-state index is 13.5. The largest absolute Gasteiger partial charge is 0.425 e. The summed E-state index contributed by atoms with van der Waals surface area (Å²) in [7, 11) is 0. The number of halogens is 1. The van der Waals surface area contributed by atoms with Gasteiger partial charge >= 0.3 is 11.7 Å². The van der Waals surface area contributed by atoms with E-state index < -0.39 is 11.2 Å². The Bertz CT molecular complexity index is 1380. The zero-order chi connectivity index (χ0) is 25.5. The van der Waals surface area contributed by atoms with Crippen molar-refractivity contribution in [2.24, 2.45) is 0 Å². The fourth-order valence-corrected chi connectivity index (χ4v) is 3.72. The van der Waals surface area contributed by atoms with Gasteiger partial charge in [0.25, 0.3) is 5.56 Å². The third-order valence-electron chi connectivity index (χ3n) is 5.59. The predicted molar refractivity (Wildman–Crippen MR) is 139 cm³/mol. The number of hydrogen-bond donors (Lipinski definition) is 1. The summed E-state index contributed by atoms with van der Waals surface area (Å²) in [5.74, 6) is 0.558. The van der Waals surface area contributed by atoms with Crippen molar-refractivity contribution in [1.82, 2.24) is 18.7 Å². The maximum absolute atomic E-state index is 13.5. The van der Waals surface area contributed by atoms with Crippen LogP contribution in [0.25, 0.3) is 11.2 Å². The minimum Gasteiger partial charge on any atom is -0.425 e. The number of allylic oxidation sites excluding steroid dienone is 5. The molecule has 3 rings (SSSR count). The maximum Gasteiger partial charge on any atom is 0.332 e. The monoisotopic (exact) mass is 498 g/mol. The fourth-order valence-electron chi connectivity index (χ4n) is 3.65. The number of nitrogens with zero attached hydrogens (tertiary/aromatic N) is 4. The average molecular weight is 499 g/mol. The summed E-state index contributed by atoms with van der Waals surface area (Å²) in [4.78, 5) is 31.1. The number of ether oxygens (including phenoxy) is 1. The van der Waals surface area contributed by atoms with Crippen molar-refractivity contribution >= 4 is 22.8 Å².